The van der Waals surface area contributed by atoms with Gasteiger partial charge in [-0.3, -0.25) is 4.79 Å². The molecule has 2 rings (SSSR count). The maximum absolute atomic E-state index is 12.3. The molecule has 2 aromatic carbocycles. The van der Waals surface area contributed by atoms with Crippen LogP contribution in [0.5, 0.6) is 5.75 Å². The van der Waals surface area contributed by atoms with Crippen molar-refractivity contribution in [3.63, 3.8) is 0 Å². The SMILES string of the molecule is Cc1cc(C(=O)NCc2ccc(C#N)cc2O)ccc1CC(C)C. The molecular weight excluding hydrogens is 300 g/mol. The maximum atomic E-state index is 12.3. The lowest BCUT2D eigenvalue weighted by molar-refractivity contribution is 0.0950. The highest BCUT2D eigenvalue weighted by Crippen LogP contribution is 2.19. The number of carbonyl (C=O) groups is 1. The smallest absolute Gasteiger partial charge is 0.251 e. The van der Waals surface area contributed by atoms with Crippen molar-refractivity contribution in [2.24, 2.45) is 5.92 Å². The molecule has 124 valence electrons. The number of nitriles is 1. The van der Waals surface area contributed by atoms with Crippen LogP contribution in [0.15, 0.2) is 36.4 Å². The van der Waals surface area contributed by atoms with E-state index in [0.29, 0.717) is 22.6 Å². The zero-order valence-corrected chi connectivity index (χ0v) is 14.3. The van der Waals surface area contributed by atoms with Crippen LogP contribution in [0, 0.1) is 24.2 Å². The van der Waals surface area contributed by atoms with E-state index in [-0.39, 0.29) is 18.2 Å². The van der Waals surface area contributed by atoms with E-state index in [1.807, 2.05) is 31.2 Å². The molecule has 24 heavy (non-hydrogen) atoms. The van der Waals surface area contributed by atoms with E-state index in [1.54, 1.807) is 12.1 Å². The summed E-state index contributed by atoms with van der Waals surface area (Å²) in [6.07, 6.45) is 0.993. The molecule has 0 saturated carbocycles. The molecule has 0 saturated heterocycles. The number of nitrogens with zero attached hydrogens (tertiary/aromatic N) is 1. The Labute approximate surface area is 142 Å². The second kappa shape index (κ2) is 7.65. The Morgan fingerprint density at radius 3 is 2.50 bits per heavy atom. The normalized spacial score (nSPS) is 10.5. The minimum atomic E-state index is -0.182. The fourth-order valence-corrected chi connectivity index (χ4v) is 2.57. The van der Waals surface area contributed by atoms with Gasteiger partial charge in [0.1, 0.15) is 5.75 Å². The predicted octanol–water partition coefficient (Wildman–Crippen LogP) is 3.70. The molecular formula is C20H22N2O2. The van der Waals surface area contributed by atoms with Crippen LogP contribution < -0.4 is 5.32 Å². The van der Waals surface area contributed by atoms with Crippen molar-refractivity contribution in [1.82, 2.24) is 5.32 Å². The number of aromatic hydroxyl groups is 1. The van der Waals surface area contributed by atoms with E-state index < -0.39 is 0 Å². The molecule has 0 spiro atoms. The van der Waals surface area contributed by atoms with Crippen molar-refractivity contribution >= 4 is 5.91 Å². The number of amides is 1. The summed E-state index contributed by atoms with van der Waals surface area (Å²) in [4.78, 5) is 12.3. The topological polar surface area (TPSA) is 73.1 Å². The highest BCUT2D eigenvalue weighted by molar-refractivity contribution is 5.94. The Bertz CT molecular complexity index is 789. The third-order valence-corrected chi connectivity index (χ3v) is 3.89. The van der Waals surface area contributed by atoms with Gasteiger partial charge in [0.15, 0.2) is 0 Å². The minimum Gasteiger partial charge on any atom is -0.508 e. The summed E-state index contributed by atoms with van der Waals surface area (Å²) in [5.41, 5.74) is 3.94. The van der Waals surface area contributed by atoms with Crippen molar-refractivity contribution in [2.75, 3.05) is 0 Å². The van der Waals surface area contributed by atoms with Crippen LogP contribution in [0.4, 0.5) is 0 Å². The third-order valence-electron chi connectivity index (χ3n) is 3.89. The zero-order valence-electron chi connectivity index (χ0n) is 14.3. The lowest BCUT2D eigenvalue weighted by Gasteiger charge is -2.11. The van der Waals surface area contributed by atoms with Gasteiger partial charge in [0, 0.05) is 17.7 Å². The lowest BCUT2D eigenvalue weighted by atomic mass is 9.97. The molecule has 0 aromatic heterocycles. The van der Waals surface area contributed by atoms with E-state index in [0.717, 1.165) is 12.0 Å². The molecule has 0 unspecified atom stereocenters. The van der Waals surface area contributed by atoms with Crippen LogP contribution in [-0.4, -0.2) is 11.0 Å². The Morgan fingerprint density at radius 1 is 1.21 bits per heavy atom. The Morgan fingerprint density at radius 2 is 1.92 bits per heavy atom. The van der Waals surface area contributed by atoms with Crippen LogP contribution in [-0.2, 0) is 13.0 Å². The molecule has 4 nitrogen and oxygen atoms in total. The summed E-state index contributed by atoms with van der Waals surface area (Å²) in [5, 5.41) is 21.5. The fourth-order valence-electron chi connectivity index (χ4n) is 2.57. The third kappa shape index (κ3) is 4.36. The second-order valence-corrected chi connectivity index (χ2v) is 6.38. The Balaban J connectivity index is 2.05. The number of aryl methyl sites for hydroxylation is 1. The Hall–Kier alpha value is -2.80. The molecule has 0 atom stereocenters. The first kappa shape index (κ1) is 17.6. The monoisotopic (exact) mass is 322 g/mol. The molecule has 0 bridgehead atoms. The first-order chi connectivity index (χ1) is 11.4. The van der Waals surface area contributed by atoms with Crippen LogP contribution in [0.1, 0.15) is 46.5 Å². The fraction of sp³-hybridized carbons (Fsp3) is 0.300. The van der Waals surface area contributed by atoms with Gasteiger partial charge in [-0.05, 0) is 54.7 Å². The molecule has 0 aliphatic heterocycles. The van der Waals surface area contributed by atoms with Gasteiger partial charge in [-0.1, -0.05) is 26.0 Å². The highest BCUT2D eigenvalue weighted by Gasteiger charge is 2.10. The minimum absolute atomic E-state index is 0.0119. The van der Waals surface area contributed by atoms with Gasteiger partial charge >= 0.3 is 0 Å². The Kier molecular flexibility index (Phi) is 5.59. The summed E-state index contributed by atoms with van der Waals surface area (Å²) >= 11 is 0. The summed E-state index contributed by atoms with van der Waals surface area (Å²) in [5.74, 6) is 0.401. The van der Waals surface area contributed by atoms with E-state index in [1.165, 1.54) is 11.6 Å². The van der Waals surface area contributed by atoms with Crippen molar-refractivity contribution in [1.29, 1.82) is 5.26 Å². The van der Waals surface area contributed by atoms with Crippen LogP contribution in [0.25, 0.3) is 0 Å². The number of hydrogen-bond donors (Lipinski definition) is 2. The standard InChI is InChI=1S/C20H22N2O2/c1-13(2)8-16-6-7-17(9-14(16)3)20(24)22-12-18-5-4-15(11-21)10-19(18)23/h4-7,9-10,13,23H,8,12H2,1-3H3,(H,22,24). The van der Waals surface area contributed by atoms with Gasteiger partial charge in [-0.25, -0.2) is 0 Å². The summed E-state index contributed by atoms with van der Waals surface area (Å²) in [7, 11) is 0. The molecule has 2 N–H and O–H groups in total. The summed E-state index contributed by atoms with van der Waals surface area (Å²) in [6.45, 7) is 6.57. The number of carbonyl (C=O) groups excluding carboxylic acids is 1. The lowest BCUT2D eigenvalue weighted by Crippen LogP contribution is -2.23. The quantitative estimate of drug-likeness (QED) is 0.881. The molecule has 2 aromatic rings. The zero-order chi connectivity index (χ0) is 17.7. The average Bonchev–Trinajstić information content (AvgIpc) is 2.54. The predicted molar refractivity (Wildman–Crippen MR) is 93.7 cm³/mol. The first-order valence-electron chi connectivity index (χ1n) is 8.00. The number of nitrogens with one attached hydrogen (secondary N) is 1. The molecule has 0 aliphatic carbocycles. The van der Waals surface area contributed by atoms with Gasteiger partial charge in [-0.2, -0.15) is 5.26 Å². The first-order valence-corrected chi connectivity index (χ1v) is 8.00. The van der Waals surface area contributed by atoms with E-state index in [2.05, 4.69) is 19.2 Å². The van der Waals surface area contributed by atoms with E-state index in [9.17, 15) is 9.90 Å². The van der Waals surface area contributed by atoms with Crippen molar-refractivity contribution in [3.8, 4) is 11.8 Å². The highest BCUT2D eigenvalue weighted by atomic mass is 16.3. The maximum Gasteiger partial charge on any atom is 0.251 e. The van der Waals surface area contributed by atoms with Crippen LogP contribution in [0.3, 0.4) is 0 Å². The number of phenols is 1. The van der Waals surface area contributed by atoms with Crippen molar-refractivity contribution in [3.05, 3.63) is 64.2 Å². The van der Waals surface area contributed by atoms with Gasteiger partial charge in [-0.15, -0.1) is 0 Å². The molecule has 0 aliphatic rings. The molecule has 0 heterocycles. The summed E-state index contributed by atoms with van der Waals surface area (Å²) < 4.78 is 0. The van der Waals surface area contributed by atoms with Crippen LogP contribution in [0.2, 0.25) is 0 Å². The van der Waals surface area contributed by atoms with Gasteiger partial charge in [0.05, 0.1) is 11.6 Å². The molecule has 4 heteroatoms. The molecule has 0 fully saturated rings. The average molecular weight is 322 g/mol. The van der Waals surface area contributed by atoms with E-state index >= 15 is 0 Å². The van der Waals surface area contributed by atoms with Crippen LogP contribution >= 0.6 is 0 Å². The van der Waals surface area contributed by atoms with Gasteiger partial charge in [0.25, 0.3) is 5.91 Å². The molecule has 1 amide bonds. The number of hydrogen-bond acceptors (Lipinski definition) is 3. The number of rotatable bonds is 5. The molecule has 0 radical (unpaired) electrons. The largest absolute Gasteiger partial charge is 0.508 e. The van der Waals surface area contributed by atoms with Crippen molar-refractivity contribution in [2.45, 2.75) is 33.7 Å². The summed E-state index contributed by atoms with van der Waals surface area (Å²) in [6, 6.07) is 12.3. The van der Waals surface area contributed by atoms with Gasteiger partial charge < -0.3 is 10.4 Å². The second-order valence-electron chi connectivity index (χ2n) is 6.38. The number of phenolic OH excluding ortho intramolecular Hbond substituents is 1. The number of benzene rings is 2. The van der Waals surface area contributed by atoms with Crippen molar-refractivity contribution < 1.29 is 9.90 Å². The van der Waals surface area contributed by atoms with E-state index in [4.69, 9.17) is 5.26 Å². The van der Waals surface area contributed by atoms with Gasteiger partial charge in [0.2, 0.25) is 0 Å².